The molecule has 3 atom stereocenters. The fraction of sp³-hybridized carbons (Fsp3) is 1.00. The Morgan fingerprint density at radius 1 is 1.11 bits per heavy atom. The third-order valence-electron chi connectivity index (χ3n) is 6.55. The van der Waals surface area contributed by atoms with Crippen molar-refractivity contribution in [2.45, 2.75) is 84.5 Å². The van der Waals surface area contributed by atoms with Crippen molar-refractivity contribution in [3.8, 4) is 0 Å². The van der Waals surface area contributed by atoms with Gasteiger partial charge in [0.25, 0.3) is 0 Å². The van der Waals surface area contributed by atoms with E-state index in [4.69, 9.17) is 4.43 Å². The Morgan fingerprint density at radius 2 is 1.67 bits per heavy atom. The molecule has 2 fully saturated rings. The van der Waals surface area contributed by atoms with E-state index in [1.165, 1.54) is 25.7 Å². The Balaban J connectivity index is 2.07. The second kappa shape index (κ2) is 4.34. The summed E-state index contributed by atoms with van der Waals surface area (Å²) in [6.45, 7) is 16.7. The molecular formula is C16H32OSi. The van der Waals surface area contributed by atoms with E-state index in [1.54, 1.807) is 0 Å². The highest BCUT2D eigenvalue weighted by Gasteiger charge is 2.54. The summed E-state index contributed by atoms with van der Waals surface area (Å²) >= 11 is 0. The van der Waals surface area contributed by atoms with Crippen molar-refractivity contribution in [3.63, 3.8) is 0 Å². The summed E-state index contributed by atoms with van der Waals surface area (Å²) in [5, 5.41) is 0.339. The Labute approximate surface area is 115 Å². The van der Waals surface area contributed by atoms with Crippen LogP contribution >= 0.6 is 0 Å². The van der Waals surface area contributed by atoms with Gasteiger partial charge in [-0.15, -0.1) is 0 Å². The Kier molecular flexibility index (Phi) is 3.52. The number of rotatable bonds is 2. The SMILES string of the molecule is C[C@H]1[C@@H](O[Si](C)(C)C(C)(C)C)CC2(CCC2)[C@H]1C. The van der Waals surface area contributed by atoms with E-state index in [-0.39, 0.29) is 0 Å². The first-order valence-corrected chi connectivity index (χ1v) is 10.7. The Hall–Kier alpha value is 0.177. The van der Waals surface area contributed by atoms with Crippen molar-refractivity contribution in [1.29, 1.82) is 0 Å². The lowest BCUT2D eigenvalue weighted by molar-refractivity contribution is 0.0730. The molecule has 0 aromatic heterocycles. The Bertz CT molecular complexity index is 312. The number of hydrogen-bond acceptors (Lipinski definition) is 1. The molecule has 2 heteroatoms. The van der Waals surface area contributed by atoms with Crippen LogP contribution in [0.3, 0.4) is 0 Å². The lowest BCUT2D eigenvalue weighted by atomic mass is 9.62. The van der Waals surface area contributed by atoms with E-state index >= 15 is 0 Å². The molecular weight excluding hydrogens is 236 g/mol. The van der Waals surface area contributed by atoms with Crippen LogP contribution in [0.5, 0.6) is 0 Å². The van der Waals surface area contributed by atoms with Gasteiger partial charge in [-0.2, -0.15) is 0 Å². The van der Waals surface area contributed by atoms with Gasteiger partial charge in [0.15, 0.2) is 8.32 Å². The van der Waals surface area contributed by atoms with Gasteiger partial charge in [-0.3, -0.25) is 0 Å². The second-order valence-electron chi connectivity index (χ2n) is 8.48. The standard InChI is InChI=1S/C16H32OSi/c1-12-13(2)16(9-8-10-16)11-14(12)17-18(6,7)15(3,4)5/h12-14H,8-11H2,1-7H3/t12-,13+,14+/m1/s1. The van der Waals surface area contributed by atoms with E-state index in [0.29, 0.717) is 16.6 Å². The average molecular weight is 269 g/mol. The van der Waals surface area contributed by atoms with Gasteiger partial charge < -0.3 is 4.43 Å². The van der Waals surface area contributed by atoms with Crippen LogP contribution in [-0.4, -0.2) is 14.4 Å². The van der Waals surface area contributed by atoms with Crippen molar-refractivity contribution in [3.05, 3.63) is 0 Å². The third kappa shape index (κ3) is 2.20. The van der Waals surface area contributed by atoms with E-state index in [2.05, 4.69) is 47.7 Å². The molecule has 1 spiro atoms. The summed E-state index contributed by atoms with van der Waals surface area (Å²) in [5.41, 5.74) is 0.659. The highest BCUT2D eigenvalue weighted by molar-refractivity contribution is 6.74. The van der Waals surface area contributed by atoms with E-state index in [1.807, 2.05) is 0 Å². The molecule has 0 aromatic carbocycles. The maximum atomic E-state index is 6.72. The third-order valence-corrected chi connectivity index (χ3v) is 11.1. The monoisotopic (exact) mass is 268 g/mol. The molecule has 0 bridgehead atoms. The maximum absolute atomic E-state index is 6.72. The molecule has 106 valence electrons. The van der Waals surface area contributed by atoms with E-state index in [0.717, 1.165) is 11.8 Å². The molecule has 0 amide bonds. The zero-order valence-corrected chi connectivity index (χ0v) is 14.5. The summed E-state index contributed by atoms with van der Waals surface area (Å²) in [4.78, 5) is 0. The molecule has 2 aliphatic carbocycles. The predicted octanol–water partition coefficient (Wildman–Crippen LogP) is 5.22. The van der Waals surface area contributed by atoms with Gasteiger partial charge in [0.2, 0.25) is 0 Å². The van der Waals surface area contributed by atoms with Gasteiger partial charge in [0.05, 0.1) is 0 Å². The molecule has 18 heavy (non-hydrogen) atoms. The van der Waals surface area contributed by atoms with Crippen LogP contribution in [-0.2, 0) is 4.43 Å². The molecule has 2 saturated carbocycles. The van der Waals surface area contributed by atoms with Gasteiger partial charge in [0.1, 0.15) is 0 Å². The number of hydrogen-bond donors (Lipinski definition) is 0. The highest BCUT2D eigenvalue weighted by atomic mass is 28.4. The van der Waals surface area contributed by atoms with Gasteiger partial charge in [0, 0.05) is 6.10 Å². The first-order valence-electron chi connectivity index (χ1n) is 7.77. The van der Waals surface area contributed by atoms with Crippen LogP contribution in [0.2, 0.25) is 18.1 Å². The molecule has 0 heterocycles. The van der Waals surface area contributed by atoms with Crippen LogP contribution in [0.4, 0.5) is 0 Å². The van der Waals surface area contributed by atoms with Crippen LogP contribution in [0.1, 0.15) is 60.3 Å². The van der Waals surface area contributed by atoms with Crippen molar-refractivity contribution in [2.75, 3.05) is 0 Å². The smallest absolute Gasteiger partial charge is 0.192 e. The zero-order chi connectivity index (χ0) is 13.8. The van der Waals surface area contributed by atoms with E-state index < -0.39 is 8.32 Å². The van der Waals surface area contributed by atoms with Crippen molar-refractivity contribution < 1.29 is 4.43 Å². The lowest BCUT2D eigenvalue weighted by Gasteiger charge is -2.43. The van der Waals surface area contributed by atoms with Crippen LogP contribution in [0, 0.1) is 17.3 Å². The molecule has 0 aliphatic heterocycles. The van der Waals surface area contributed by atoms with Gasteiger partial charge in [-0.1, -0.05) is 41.0 Å². The fourth-order valence-corrected chi connectivity index (χ4v) is 5.06. The molecule has 2 rings (SSSR count). The van der Waals surface area contributed by atoms with Crippen LogP contribution in [0.25, 0.3) is 0 Å². The summed E-state index contributed by atoms with van der Waals surface area (Å²) in [6, 6.07) is 0. The molecule has 2 aliphatic rings. The topological polar surface area (TPSA) is 9.23 Å². The van der Waals surface area contributed by atoms with Gasteiger partial charge in [-0.05, 0) is 54.6 Å². The average Bonchev–Trinajstić information content (AvgIpc) is 2.40. The maximum Gasteiger partial charge on any atom is 0.192 e. The minimum Gasteiger partial charge on any atom is -0.414 e. The molecule has 0 radical (unpaired) electrons. The minimum atomic E-state index is -1.59. The summed E-state index contributed by atoms with van der Waals surface area (Å²) in [6.07, 6.45) is 6.22. The van der Waals surface area contributed by atoms with Crippen molar-refractivity contribution in [2.24, 2.45) is 17.3 Å². The highest BCUT2D eigenvalue weighted by Crippen LogP contribution is 2.60. The summed E-state index contributed by atoms with van der Waals surface area (Å²) in [7, 11) is -1.59. The minimum absolute atomic E-state index is 0.339. The van der Waals surface area contributed by atoms with Crippen LogP contribution < -0.4 is 0 Å². The first kappa shape index (κ1) is 14.6. The fourth-order valence-electron chi connectivity index (χ4n) is 3.65. The zero-order valence-electron chi connectivity index (χ0n) is 13.5. The normalized spacial score (nSPS) is 35.8. The molecule has 0 N–H and O–H groups in total. The van der Waals surface area contributed by atoms with Crippen molar-refractivity contribution in [1.82, 2.24) is 0 Å². The summed E-state index contributed by atoms with van der Waals surface area (Å²) < 4.78 is 6.72. The van der Waals surface area contributed by atoms with Gasteiger partial charge in [-0.25, -0.2) is 0 Å². The summed E-state index contributed by atoms with van der Waals surface area (Å²) in [5.74, 6) is 1.61. The van der Waals surface area contributed by atoms with Crippen LogP contribution in [0.15, 0.2) is 0 Å². The van der Waals surface area contributed by atoms with Gasteiger partial charge >= 0.3 is 0 Å². The molecule has 1 nitrogen and oxygen atoms in total. The second-order valence-corrected chi connectivity index (χ2v) is 13.2. The van der Waals surface area contributed by atoms with Crippen molar-refractivity contribution >= 4 is 8.32 Å². The Morgan fingerprint density at radius 3 is 2.00 bits per heavy atom. The largest absolute Gasteiger partial charge is 0.414 e. The predicted molar refractivity (Wildman–Crippen MR) is 81.3 cm³/mol. The molecule has 0 aromatic rings. The quantitative estimate of drug-likeness (QED) is 0.624. The van der Waals surface area contributed by atoms with E-state index in [9.17, 15) is 0 Å². The molecule has 0 unspecified atom stereocenters. The first-order chi connectivity index (χ1) is 8.09. The lowest BCUT2D eigenvalue weighted by Crippen LogP contribution is -2.44. The molecule has 0 saturated heterocycles.